The molecule has 256 valence electrons. The van der Waals surface area contributed by atoms with Crippen molar-refractivity contribution in [3.63, 3.8) is 0 Å². The Labute approximate surface area is 291 Å². The number of anilines is 2. The van der Waals surface area contributed by atoms with Gasteiger partial charge in [0.1, 0.15) is 5.82 Å². The standard InChI is InChI=1S/C33H36Cl2N6O2.CH4O3S/c1-22-8-14-25(15-9-22)41-29(20-28(38-41)33(2,3)4)37-32(43)36-24-12-10-23(11-13-24)21-39-16-18-40(19-17-39)31(42)30-26(34)6-5-7-27(30)35;1-5(2,3)4/h5-15,20H,16-19,21H2,1-4H3,(H2,36,37,43);1H3,(H,2,3,4). The van der Waals surface area contributed by atoms with Crippen molar-refractivity contribution in [3.05, 3.63) is 105 Å². The number of rotatable bonds is 6. The molecule has 14 heteroatoms. The van der Waals surface area contributed by atoms with Gasteiger partial charge in [0.25, 0.3) is 16.0 Å². The van der Waals surface area contributed by atoms with Crippen LogP contribution in [0, 0.1) is 6.92 Å². The lowest BCUT2D eigenvalue weighted by Crippen LogP contribution is -2.48. The fraction of sp³-hybridized carbons (Fsp3) is 0.324. The van der Waals surface area contributed by atoms with E-state index in [-0.39, 0.29) is 17.4 Å². The molecule has 2 heterocycles. The average Bonchev–Trinajstić information content (AvgIpc) is 3.42. The predicted molar refractivity (Wildman–Crippen MR) is 191 cm³/mol. The second-order valence-electron chi connectivity index (χ2n) is 12.6. The molecular formula is C34H40Cl2N6O5S. The van der Waals surface area contributed by atoms with Crippen LogP contribution < -0.4 is 10.6 Å². The first-order valence-corrected chi connectivity index (χ1v) is 17.8. The molecule has 11 nitrogen and oxygen atoms in total. The van der Waals surface area contributed by atoms with Crippen molar-refractivity contribution in [1.82, 2.24) is 19.6 Å². The van der Waals surface area contributed by atoms with Gasteiger partial charge in [-0.1, -0.05) is 79.9 Å². The zero-order valence-corrected chi connectivity index (χ0v) is 29.8. The first-order valence-electron chi connectivity index (χ1n) is 15.2. The molecule has 5 rings (SSSR count). The summed E-state index contributed by atoms with van der Waals surface area (Å²) in [6, 6.07) is 22.5. The molecule has 1 aromatic heterocycles. The van der Waals surface area contributed by atoms with Crippen LogP contribution in [0.5, 0.6) is 0 Å². The summed E-state index contributed by atoms with van der Waals surface area (Å²) in [4.78, 5) is 30.1. The molecule has 0 unspecified atom stereocenters. The Bertz CT molecular complexity index is 1820. The van der Waals surface area contributed by atoms with E-state index in [0.29, 0.717) is 46.5 Å². The molecule has 0 radical (unpaired) electrons. The molecular weight excluding hydrogens is 675 g/mol. The highest BCUT2D eigenvalue weighted by Gasteiger charge is 2.25. The van der Waals surface area contributed by atoms with Gasteiger partial charge < -0.3 is 10.2 Å². The lowest BCUT2D eigenvalue weighted by molar-refractivity contribution is 0.0628. The molecule has 1 fully saturated rings. The van der Waals surface area contributed by atoms with E-state index in [2.05, 4.69) is 36.3 Å². The number of halogens is 2. The number of nitrogens with one attached hydrogen (secondary N) is 2. The molecule has 1 aliphatic rings. The van der Waals surface area contributed by atoms with Crippen LogP contribution in [0.25, 0.3) is 5.69 Å². The Balaban J connectivity index is 0.000000968. The predicted octanol–water partition coefficient (Wildman–Crippen LogP) is 6.89. The van der Waals surface area contributed by atoms with Gasteiger partial charge in [-0.3, -0.25) is 19.6 Å². The Hall–Kier alpha value is -3.94. The summed E-state index contributed by atoms with van der Waals surface area (Å²) < 4.78 is 27.6. The molecule has 0 aliphatic carbocycles. The van der Waals surface area contributed by atoms with Crippen LogP contribution in [0.1, 0.15) is 48.0 Å². The van der Waals surface area contributed by atoms with Crippen molar-refractivity contribution < 1.29 is 22.6 Å². The number of hydrogen-bond acceptors (Lipinski definition) is 6. The number of piperazine rings is 1. The van der Waals surface area contributed by atoms with Gasteiger partial charge in [-0.2, -0.15) is 13.5 Å². The van der Waals surface area contributed by atoms with Gasteiger partial charge in [-0.05, 0) is 48.9 Å². The van der Waals surface area contributed by atoms with Crippen molar-refractivity contribution in [2.45, 2.75) is 39.7 Å². The van der Waals surface area contributed by atoms with Crippen molar-refractivity contribution in [2.75, 3.05) is 43.1 Å². The van der Waals surface area contributed by atoms with Crippen LogP contribution in [0.2, 0.25) is 10.0 Å². The second-order valence-corrected chi connectivity index (χ2v) is 14.9. The molecule has 0 spiro atoms. The monoisotopic (exact) mass is 714 g/mol. The molecule has 0 saturated carbocycles. The summed E-state index contributed by atoms with van der Waals surface area (Å²) in [6.45, 7) is 11.7. The first-order chi connectivity index (χ1) is 22.5. The van der Waals surface area contributed by atoms with Gasteiger partial charge in [-0.15, -0.1) is 0 Å². The number of hydrogen-bond donors (Lipinski definition) is 3. The summed E-state index contributed by atoms with van der Waals surface area (Å²) in [5, 5.41) is 11.4. The summed E-state index contributed by atoms with van der Waals surface area (Å²) in [6.07, 6.45) is 0.715. The zero-order valence-electron chi connectivity index (χ0n) is 27.5. The van der Waals surface area contributed by atoms with Crippen LogP contribution in [-0.2, 0) is 22.1 Å². The Kier molecular flexibility index (Phi) is 11.9. The maximum Gasteiger partial charge on any atom is 0.324 e. The molecule has 48 heavy (non-hydrogen) atoms. The van der Waals surface area contributed by atoms with Gasteiger partial charge in [0, 0.05) is 49.9 Å². The van der Waals surface area contributed by atoms with Crippen LogP contribution in [0.15, 0.2) is 72.8 Å². The number of aromatic nitrogens is 2. The SMILES string of the molecule is CS(=O)(=O)O.Cc1ccc(-n2nc(C(C)(C)C)cc2NC(=O)Nc2ccc(CN3CCN(C(=O)c4c(Cl)cccc4Cl)CC3)cc2)cc1. The molecule has 0 atom stereocenters. The highest BCUT2D eigenvalue weighted by Crippen LogP contribution is 2.28. The van der Waals surface area contributed by atoms with E-state index < -0.39 is 10.1 Å². The molecule has 3 amide bonds. The van der Waals surface area contributed by atoms with Gasteiger partial charge in [0.05, 0.1) is 33.2 Å². The minimum absolute atomic E-state index is 0.138. The van der Waals surface area contributed by atoms with Crippen LogP contribution in [-0.4, -0.2) is 76.9 Å². The normalized spacial score (nSPS) is 13.8. The topological polar surface area (TPSA) is 137 Å². The van der Waals surface area contributed by atoms with E-state index in [1.807, 2.05) is 61.5 Å². The maximum atomic E-state index is 13.0. The smallest absolute Gasteiger partial charge is 0.324 e. The molecule has 3 aromatic carbocycles. The number of benzene rings is 3. The average molecular weight is 716 g/mol. The fourth-order valence-electron chi connectivity index (χ4n) is 4.92. The molecule has 1 saturated heterocycles. The van der Waals surface area contributed by atoms with E-state index in [1.165, 1.54) is 0 Å². The first kappa shape index (κ1) is 36.9. The van der Waals surface area contributed by atoms with E-state index in [9.17, 15) is 18.0 Å². The summed E-state index contributed by atoms with van der Waals surface area (Å²) >= 11 is 12.5. The lowest BCUT2D eigenvalue weighted by Gasteiger charge is -2.35. The Morgan fingerprint density at radius 3 is 2.00 bits per heavy atom. The molecule has 3 N–H and O–H groups in total. The van der Waals surface area contributed by atoms with Crippen molar-refractivity contribution in [3.8, 4) is 5.69 Å². The fourth-order valence-corrected chi connectivity index (χ4v) is 5.48. The van der Waals surface area contributed by atoms with Crippen molar-refractivity contribution >= 4 is 56.8 Å². The number of carbonyl (C=O) groups excluding carboxylic acids is 2. The third-order valence-electron chi connectivity index (χ3n) is 7.45. The zero-order chi connectivity index (χ0) is 35.2. The van der Waals surface area contributed by atoms with Gasteiger partial charge >= 0.3 is 6.03 Å². The quantitative estimate of drug-likeness (QED) is 0.185. The highest BCUT2D eigenvalue weighted by atomic mass is 35.5. The highest BCUT2D eigenvalue weighted by molar-refractivity contribution is 7.85. The van der Waals surface area contributed by atoms with E-state index in [0.717, 1.165) is 42.1 Å². The van der Waals surface area contributed by atoms with E-state index in [4.69, 9.17) is 32.9 Å². The van der Waals surface area contributed by atoms with Gasteiger partial charge in [0.15, 0.2) is 0 Å². The Morgan fingerprint density at radius 2 is 1.46 bits per heavy atom. The maximum absolute atomic E-state index is 13.0. The number of aryl methyl sites for hydroxylation is 1. The van der Waals surface area contributed by atoms with Crippen LogP contribution in [0.3, 0.4) is 0 Å². The third kappa shape index (κ3) is 10.5. The Morgan fingerprint density at radius 1 is 0.896 bits per heavy atom. The number of carbonyl (C=O) groups is 2. The molecule has 0 bridgehead atoms. The number of amides is 3. The summed E-state index contributed by atoms with van der Waals surface area (Å²) in [5.74, 6) is 0.456. The van der Waals surface area contributed by atoms with Gasteiger partial charge in [-0.25, -0.2) is 9.48 Å². The molecule has 4 aromatic rings. The van der Waals surface area contributed by atoms with E-state index >= 15 is 0 Å². The summed E-state index contributed by atoms with van der Waals surface area (Å²) in [5.41, 5.74) is 4.89. The largest absolute Gasteiger partial charge is 0.336 e. The lowest BCUT2D eigenvalue weighted by atomic mass is 9.92. The van der Waals surface area contributed by atoms with Crippen LogP contribution >= 0.6 is 23.2 Å². The minimum Gasteiger partial charge on any atom is -0.336 e. The number of nitrogens with zero attached hydrogens (tertiary/aromatic N) is 4. The van der Waals surface area contributed by atoms with Crippen molar-refractivity contribution in [2.24, 2.45) is 0 Å². The minimum atomic E-state index is -3.67. The number of urea groups is 1. The van der Waals surface area contributed by atoms with Gasteiger partial charge in [0.2, 0.25) is 0 Å². The molecule has 1 aliphatic heterocycles. The van der Waals surface area contributed by atoms with Crippen molar-refractivity contribution in [1.29, 1.82) is 0 Å². The second kappa shape index (κ2) is 15.5. The third-order valence-corrected chi connectivity index (χ3v) is 8.08. The van der Waals surface area contributed by atoms with E-state index in [1.54, 1.807) is 27.8 Å². The van der Waals surface area contributed by atoms with Crippen LogP contribution in [0.4, 0.5) is 16.3 Å². The summed E-state index contributed by atoms with van der Waals surface area (Å²) in [7, 11) is -3.67.